The van der Waals surface area contributed by atoms with Crippen LogP contribution >= 0.6 is 0 Å². The molecule has 232 valence electrons. The van der Waals surface area contributed by atoms with Gasteiger partial charge >= 0.3 is 71.7 Å². The Morgan fingerprint density at radius 2 is 0.641 bits per heavy atom. The topological polar surface area (TPSA) is 26.3 Å². The smallest absolute Gasteiger partial charge is 0.409 e. The highest BCUT2D eigenvalue weighted by Gasteiger charge is 2.98. The molecule has 0 radical (unpaired) electrons. The Hall–Kier alpha value is -2.47. The van der Waals surface area contributed by atoms with Crippen molar-refractivity contribution in [3.05, 3.63) is 11.9 Å². The molecule has 0 aliphatic carbocycles. The summed E-state index contributed by atoms with van der Waals surface area (Å²) in [4.78, 5) is 10.6. The van der Waals surface area contributed by atoms with E-state index in [-0.39, 0.29) is 0 Å². The Balaban J connectivity index is 7.35. The van der Waals surface area contributed by atoms with Crippen LogP contribution in [0.2, 0.25) is 0 Å². The molecule has 1 unspecified atom stereocenters. The molecular formula is C13F24O2. The second kappa shape index (κ2) is 9.29. The SMILES string of the molecule is O=C(OC(F)(C(F)(F)F)C(F)(F)C(F)(F)C(F)(F)C(F)(F)C(F)(F)C(F)(F)C(F)(F)C(F)(F)F)C(F)=C(F)F. The van der Waals surface area contributed by atoms with Gasteiger partial charge in [-0.05, 0) is 0 Å². The van der Waals surface area contributed by atoms with E-state index in [1.807, 2.05) is 0 Å². The van der Waals surface area contributed by atoms with Gasteiger partial charge in [0.05, 0.1) is 0 Å². The van der Waals surface area contributed by atoms with Gasteiger partial charge in [0.1, 0.15) is 0 Å². The minimum Gasteiger partial charge on any atom is -0.409 e. The van der Waals surface area contributed by atoms with Crippen LogP contribution in [-0.2, 0) is 9.53 Å². The van der Waals surface area contributed by atoms with Crippen molar-refractivity contribution in [1.82, 2.24) is 0 Å². The molecule has 0 aromatic heterocycles. The highest BCUT2D eigenvalue weighted by atomic mass is 19.4. The van der Waals surface area contributed by atoms with Crippen LogP contribution in [0.4, 0.5) is 105 Å². The molecule has 0 N–H and O–H groups in total. The van der Waals surface area contributed by atoms with E-state index < -0.39 is 77.5 Å². The molecule has 0 spiro atoms. The van der Waals surface area contributed by atoms with E-state index in [0.717, 1.165) is 0 Å². The predicted molar refractivity (Wildman–Crippen MR) is 67.0 cm³/mol. The zero-order chi connectivity index (χ0) is 32.4. The van der Waals surface area contributed by atoms with Crippen molar-refractivity contribution in [2.75, 3.05) is 0 Å². The Labute approximate surface area is 194 Å². The molecule has 0 aromatic rings. The maximum atomic E-state index is 13.8. The van der Waals surface area contributed by atoms with E-state index in [1.165, 1.54) is 0 Å². The second-order valence-electron chi connectivity index (χ2n) is 6.58. The van der Waals surface area contributed by atoms with E-state index in [4.69, 9.17) is 0 Å². The number of carbonyl (C=O) groups excluding carboxylic acids is 1. The van der Waals surface area contributed by atoms with Gasteiger partial charge in [-0.15, -0.1) is 0 Å². The monoisotopic (exact) mass is 644 g/mol. The molecule has 0 heterocycles. The summed E-state index contributed by atoms with van der Waals surface area (Å²) in [5.74, 6) is -81.5. The fraction of sp³-hybridized carbons (Fsp3) is 0.769. The van der Waals surface area contributed by atoms with Gasteiger partial charge < -0.3 is 4.74 Å². The quantitative estimate of drug-likeness (QED) is 0.145. The molecule has 0 saturated heterocycles. The summed E-state index contributed by atoms with van der Waals surface area (Å²) in [6, 6.07) is 0. The van der Waals surface area contributed by atoms with Crippen molar-refractivity contribution >= 4 is 5.97 Å². The maximum Gasteiger partial charge on any atom is 0.467 e. The lowest BCUT2D eigenvalue weighted by atomic mass is 9.87. The average molecular weight is 644 g/mol. The van der Waals surface area contributed by atoms with E-state index in [9.17, 15) is 110 Å². The van der Waals surface area contributed by atoms with Gasteiger partial charge in [0, 0.05) is 0 Å². The van der Waals surface area contributed by atoms with Crippen molar-refractivity contribution < 1.29 is 115 Å². The van der Waals surface area contributed by atoms with Crippen molar-refractivity contribution in [3.63, 3.8) is 0 Å². The lowest BCUT2D eigenvalue weighted by Crippen LogP contribution is -2.77. The maximum absolute atomic E-state index is 13.8. The number of halogens is 24. The molecule has 2 nitrogen and oxygen atoms in total. The van der Waals surface area contributed by atoms with Crippen molar-refractivity contribution in [2.45, 2.75) is 59.7 Å². The number of alkyl halides is 21. The second-order valence-corrected chi connectivity index (χ2v) is 6.58. The summed E-state index contributed by atoms with van der Waals surface area (Å²) in [5.41, 5.74) is 0. The first-order valence-corrected chi connectivity index (χ1v) is 7.90. The van der Waals surface area contributed by atoms with Gasteiger partial charge in [-0.2, -0.15) is 105 Å². The van der Waals surface area contributed by atoms with Gasteiger partial charge in [-0.3, -0.25) is 0 Å². The van der Waals surface area contributed by atoms with E-state index in [1.54, 1.807) is 4.74 Å². The normalized spacial score (nSPS) is 17.0. The molecule has 0 fully saturated rings. The van der Waals surface area contributed by atoms with Gasteiger partial charge in [0.15, 0.2) is 0 Å². The molecule has 0 saturated carbocycles. The third-order valence-corrected chi connectivity index (χ3v) is 4.07. The molecule has 0 aromatic carbocycles. The van der Waals surface area contributed by atoms with E-state index >= 15 is 0 Å². The largest absolute Gasteiger partial charge is 0.467 e. The highest BCUT2D eigenvalue weighted by Crippen LogP contribution is 2.66. The van der Waals surface area contributed by atoms with E-state index in [2.05, 4.69) is 0 Å². The van der Waals surface area contributed by atoms with Gasteiger partial charge in [0.2, 0.25) is 0 Å². The summed E-state index contributed by atoms with van der Waals surface area (Å²) in [5, 5.41) is 0. The zero-order valence-corrected chi connectivity index (χ0v) is 16.4. The molecule has 0 rings (SSSR count). The molecule has 39 heavy (non-hydrogen) atoms. The fourth-order valence-corrected chi connectivity index (χ4v) is 1.92. The Bertz CT molecular complexity index is 963. The van der Waals surface area contributed by atoms with Crippen LogP contribution in [0.3, 0.4) is 0 Å². The standard InChI is InChI=1S/C13F24O2/c14-1(2(15)16)3(38)39-11(31,13(35,36)37)9(27,28)7(23,24)5(19,20)4(17,18)6(21,22)8(25,26)10(29,30)12(32,33)34. The first-order chi connectivity index (χ1) is 16.5. The predicted octanol–water partition coefficient (Wildman–Crippen LogP) is 7.84. The number of carbonyl (C=O) groups is 1. The number of hydrogen-bond donors (Lipinski definition) is 0. The summed E-state index contributed by atoms with van der Waals surface area (Å²) in [7, 11) is 0. The van der Waals surface area contributed by atoms with Gasteiger partial charge in [-0.25, -0.2) is 4.79 Å². The third-order valence-electron chi connectivity index (χ3n) is 4.07. The number of hydrogen-bond acceptors (Lipinski definition) is 2. The minimum atomic E-state index is -9.48. The van der Waals surface area contributed by atoms with Crippen LogP contribution in [0, 0.1) is 0 Å². The first kappa shape index (κ1) is 36.5. The molecule has 0 aliphatic rings. The lowest BCUT2D eigenvalue weighted by Gasteiger charge is -2.44. The van der Waals surface area contributed by atoms with Crippen LogP contribution in [-0.4, -0.2) is 65.6 Å². The molecule has 0 aliphatic heterocycles. The third kappa shape index (κ3) is 4.77. The van der Waals surface area contributed by atoms with Crippen molar-refractivity contribution in [1.29, 1.82) is 0 Å². The van der Waals surface area contributed by atoms with Crippen LogP contribution in [0.1, 0.15) is 0 Å². The van der Waals surface area contributed by atoms with Gasteiger partial charge in [0.25, 0.3) is 5.83 Å². The average Bonchev–Trinajstić information content (AvgIpc) is 2.69. The highest BCUT2D eigenvalue weighted by molar-refractivity contribution is 5.86. The summed E-state index contributed by atoms with van der Waals surface area (Å²) >= 11 is 0. The summed E-state index contributed by atoms with van der Waals surface area (Å²) < 4.78 is 312. The van der Waals surface area contributed by atoms with E-state index in [0.29, 0.717) is 0 Å². The van der Waals surface area contributed by atoms with Gasteiger partial charge in [-0.1, -0.05) is 0 Å². The van der Waals surface area contributed by atoms with Crippen LogP contribution in [0.25, 0.3) is 0 Å². The summed E-state index contributed by atoms with van der Waals surface area (Å²) in [6.45, 7) is 0. The van der Waals surface area contributed by atoms with Crippen LogP contribution in [0.5, 0.6) is 0 Å². The zero-order valence-electron chi connectivity index (χ0n) is 16.4. The van der Waals surface area contributed by atoms with Crippen molar-refractivity contribution in [3.8, 4) is 0 Å². The number of rotatable bonds is 9. The first-order valence-electron chi connectivity index (χ1n) is 7.90. The molecule has 0 amide bonds. The lowest BCUT2D eigenvalue weighted by molar-refractivity contribution is -0.484. The molecular weight excluding hydrogens is 644 g/mol. The number of ether oxygens (including phenoxy) is 1. The minimum absolute atomic E-state index is 1.58. The Morgan fingerprint density at radius 3 is 0.872 bits per heavy atom. The molecule has 26 heteroatoms. The van der Waals surface area contributed by atoms with Crippen LogP contribution in [0.15, 0.2) is 11.9 Å². The molecule has 0 bridgehead atoms. The Morgan fingerprint density at radius 1 is 0.385 bits per heavy atom. The Kier molecular flexibility index (Phi) is 8.70. The number of esters is 1. The van der Waals surface area contributed by atoms with Crippen molar-refractivity contribution in [2.24, 2.45) is 0 Å². The molecule has 1 atom stereocenters. The fourth-order valence-electron chi connectivity index (χ4n) is 1.92. The van der Waals surface area contributed by atoms with Crippen LogP contribution < -0.4 is 0 Å². The summed E-state index contributed by atoms with van der Waals surface area (Å²) in [6.07, 6.45) is -20.7.